The first-order chi connectivity index (χ1) is 10.2. The molecular formula is C17H15N3O. The van der Waals surface area contributed by atoms with Crippen LogP contribution in [0.25, 0.3) is 21.8 Å². The Labute approximate surface area is 121 Å². The second-order valence-corrected chi connectivity index (χ2v) is 5.35. The lowest BCUT2D eigenvalue weighted by atomic mass is 9.96. The van der Waals surface area contributed by atoms with Crippen LogP contribution in [0.1, 0.15) is 24.1 Å². The minimum Gasteiger partial charge on any atom is -0.368 e. The first-order valence-electron chi connectivity index (χ1n) is 6.95. The summed E-state index contributed by atoms with van der Waals surface area (Å²) in [6.07, 6.45) is 0. The zero-order valence-electron chi connectivity index (χ0n) is 11.6. The summed E-state index contributed by atoms with van der Waals surface area (Å²) in [7, 11) is 0. The number of nitrogen functional groups attached to an aromatic ring is 1. The fourth-order valence-electron chi connectivity index (χ4n) is 2.82. The van der Waals surface area contributed by atoms with Crippen LogP contribution in [-0.2, 0) is 0 Å². The molecule has 4 aromatic rings. The third kappa shape index (κ3) is 1.88. The molecular weight excluding hydrogens is 262 g/mol. The van der Waals surface area contributed by atoms with Crippen molar-refractivity contribution in [1.82, 2.24) is 10.1 Å². The molecule has 2 aromatic carbocycles. The average molecular weight is 277 g/mol. The molecule has 0 saturated carbocycles. The van der Waals surface area contributed by atoms with Gasteiger partial charge in [-0.2, -0.15) is 0 Å². The Balaban J connectivity index is 1.85. The van der Waals surface area contributed by atoms with E-state index >= 15 is 0 Å². The molecule has 0 spiro atoms. The van der Waals surface area contributed by atoms with E-state index in [0.717, 1.165) is 16.7 Å². The fourth-order valence-corrected chi connectivity index (χ4v) is 2.82. The second kappa shape index (κ2) is 4.38. The summed E-state index contributed by atoms with van der Waals surface area (Å²) in [5.74, 6) is 0.491. The topological polar surface area (TPSA) is 67.8 Å². The van der Waals surface area contributed by atoms with Crippen LogP contribution in [0.2, 0.25) is 0 Å². The van der Waals surface area contributed by atoms with E-state index in [1.807, 2.05) is 6.07 Å². The zero-order chi connectivity index (χ0) is 14.4. The molecule has 104 valence electrons. The number of nitrogens with two attached hydrogens (primary N) is 1. The molecule has 4 nitrogen and oxygen atoms in total. The maximum Gasteiger partial charge on any atom is 0.222 e. The Morgan fingerprint density at radius 3 is 2.67 bits per heavy atom. The van der Waals surface area contributed by atoms with E-state index in [0.29, 0.717) is 5.88 Å². The number of para-hydroxylation sites is 1. The summed E-state index contributed by atoms with van der Waals surface area (Å²) < 4.78 is 4.96. The van der Waals surface area contributed by atoms with Gasteiger partial charge in [0.2, 0.25) is 5.88 Å². The highest BCUT2D eigenvalue weighted by molar-refractivity contribution is 6.07. The van der Waals surface area contributed by atoms with Gasteiger partial charge in [0, 0.05) is 33.8 Å². The molecule has 0 fully saturated rings. The number of aromatic amines is 1. The minimum absolute atomic E-state index is 0.141. The number of anilines is 1. The SMILES string of the molecule is CC(c1ccc2c(c1)[nH]c1ccccc12)c1cc(N)on1. The first-order valence-corrected chi connectivity index (χ1v) is 6.95. The van der Waals surface area contributed by atoms with Crippen LogP contribution < -0.4 is 5.73 Å². The quantitative estimate of drug-likeness (QED) is 0.581. The number of H-pyrrole nitrogens is 1. The standard InChI is InChI=1S/C17H15N3O/c1-10(15-9-17(18)21-20-15)11-6-7-13-12-4-2-3-5-14(12)19-16(13)8-11/h2-10,19H,18H2,1H3. The van der Waals surface area contributed by atoms with Gasteiger partial charge in [-0.3, -0.25) is 0 Å². The van der Waals surface area contributed by atoms with Gasteiger partial charge in [-0.15, -0.1) is 0 Å². The summed E-state index contributed by atoms with van der Waals surface area (Å²) >= 11 is 0. The van der Waals surface area contributed by atoms with Crippen molar-refractivity contribution < 1.29 is 4.52 Å². The molecule has 3 N–H and O–H groups in total. The summed E-state index contributed by atoms with van der Waals surface area (Å²) in [6, 6.07) is 16.6. The number of benzene rings is 2. The first kappa shape index (κ1) is 12.0. The number of nitrogens with one attached hydrogen (secondary N) is 1. The van der Waals surface area contributed by atoms with Gasteiger partial charge in [-0.1, -0.05) is 42.4 Å². The number of rotatable bonds is 2. The van der Waals surface area contributed by atoms with Crippen molar-refractivity contribution in [3.8, 4) is 0 Å². The summed E-state index contributed by atoms with van der Waals surface area (Å²) in [4.78, 5) is 3.46. The Hall–Kier alpha value is -2.75. The molecule has 21 heavy (non-hydrogen) atoms. The number of hydrogen-bond acceptors (Lipinski definition) is 3. The molecule has 0 amide bonds. The van der Waals surface area contributed by atoms with E-state index in [2.05, 4.69) is 53.5 Å². The van der Waals surface area contributed by atoms with Gasteiger partial charge < -0.3 is 15.2 Å². The van der Waals surface area contributed by atoms with Gasteiger partial charge in [0.15, 0.2) is 0 Å². The molecule has 4 rings (SSSR count). The number of hydrogen-bond donors (Lipinski definition) is 2. The van der Waals surface area contributed by atoms with E-state index in [1.54, 1.807) is 6.07 Å². The van der Waals surface area contributed by atoms with E-state index in [-0.39, 0.29) is 5.92 Å². The molecule has 0 bridgehead atoms. The summed E-state index contributed by atoms with van der Waals surface area (Å²) in [6.45, 7) is 2.10. The van der Waals surface area contributed by atoms with Crippen molar-refractivity contribution in [3.05, 3.63) is 59.8 Å². The number of aromatic nitrogens is 2. The maximum absolute atomic E-state index is 5.60. The highest BCUT2D eigenvalue weighted by Gasteiger charge is 2.14. The van der Waals surface area contributed by atoms with E-state index < -0.39 is 0 Å². The molecule has 2 heterocycles. The molecule has 4 heteroatoms. The fraction of sp³-hybridized carbons (Fsp3) is 0.118. The lowest BCUT2D eigenvalue weighted by Crippen LogP contribution is -1.96. The molecule has 0 aliphatic carbocycles. The van der Waals surface area contributed by atoms with Gasteiger partial charge in [0.1, 0.15) is 0 Å². The lowest BCUT2D eigenvalue weighted by Gasteiger charge is -2.08. The molecule has 0 aliphatic heterocycles. The molecule has 0 radical (unpaired) electrons. The van der Waals surface area contributed by atoms with Crippen molar-refractivity contribution in [2.24, 2.45) is 0 Å². The third-order valence-corrected chi connectivity index (χ3v) is 4.02. The van der Waals surface area contributed by atoms with Crippen molar-refractivity contribution in [3.63, 3.8) is 0 Å². The minimum atomic E-state index is 0.141. The van der Waals surface area contributed by atoms with Gasteiger partial charge in [-0.25, -0.2) is 0 Å². The van der Waals surface area contributed by atoms with Crippen LogP contribution in [0, 0.1) is 0 Å². The predicted molar refractivity (Wildman–Crippen MR) is 84.2 cm³/mol. The maximum atomic E-state index is 5.60. The third-order valence-electron chi connectivity index (χ3n) is 4.02. The monoisotopic (exact) mass is 277 g/mol. The molecule has 0 saturated heterocycles. The Morgan fingerprint density at radius 1 is 1.05 bits per heavy atom. The van der Waals surface area contributed by atoms with Crippen LogP contribution in [0.4, 0.5) is 5.88 Å². The predicted octanol–water partition coefficient (Wildman–Crippen LogP) is 4.04. The average Bonchev–Trinajstić information content (AvgIpc) is 3.09. The molecule has 0 aliphatic rings. The normalized spacial score (nSPS) is 13.0. The number of nitrogens with zero attached hydrogens (tertiary/aromatic N) is 1. The summed E-state index contributed by atoms with van der Waals surface area (Å²) in [5, 5.41) is 6.49. The van der Waals surface area contributed by atoms with E-state index in [1.165, 1.54) is 16.3 Å². The highest BCUT2D eigenvalue weighted by Crippen LogP contribution is 2.30. The number of fused-ring (bicyclic) bond motifs is 3. The molecule has 1 unspecified atom stereocenters. The van der Waals surface area contributed by atoms with Crippen LogP contribution in [0.3, 0.4) is 0 Å². The largest absolute Gasteiger partial charge is 0.368 e. The Kier molecular flexibility index (Phi) is 2.51. The Bertz CT molecular complexity index is 935. The van der Waals surface area contributed by atoms with E-state index in [4.69, 9.17) is 10.3 Å². The van der Waals surface area contributed by atoms with Crippen molar-refractivity contribution in [1.29, 1.82) is 0 Å². The molecule has 2 aromatic heterocycles. The highest BCUT2D eigenvalue weighted by atomic mass is 16.5. The second-order valence-electron chi connectivity index (χ2n) is 5.35. The van der Waals surface area contributed by atoms with Crippen LogP contribution >= 0.6 is 0 Å². The summed E-state index contributed by atoms with van der Waals surface area (Å²) in [5.41, 5.74) is 9.93. The van der Waals surface area contributed by atoms with Crippen LogP contribution in [0.5, 0.6) is 0 Å². The van der Waals surface area contributed by atoms with Crippen LogP contribution in [0.15, 0.2) is 53.1 Å². The van der Waals surface area contributed by atoms with E-state index in [9.17, 15) is 0 Å². The van der Waals surface area contributed by atoms with Gasteiger partial charge in [0.25, 0.3) is 0 Å². The lowest BCUT2D eigenvalue weighted by molar-refractivity contribution is 0.425. The zero-order valence-corrected chi connectivity index (χ0v) is 11.6. The molecule has 1 atom stereocenters. The van der Waals surface area contributed by atoms with Gasteiger partial charge in [0.05, 0.1) is 5.69 Å². The van der Waals surface area contributed by atoms with Crippen molar-refractivity contribution >= 4 is 27.7 Å². The van der Waals surface area contributed by atoms with Crippen molar-refractivity contribution in [2.45, 2.75) is 12.8 Å². The Morgan fingerprint density at radius 2 is 1.86 bits per heavy atom. The van der Waals surface area contributed by atoms with Crippen molar-refractivity contribution in [2.75, 3.05) is 5.73 Å². The van der Waals surface area contributed by atoms with Gasteiger partial charge in [-0.05, 0) is 17.7 Å². The van der Waals surface area contributed by atoms with Crippen LogP contribution in [-0.4, -0.2) is 10.1 Å². The van der Waals surface area contributed by atoms with Gasteiger partial charge >= 0.3 is 0 Å². The smallest absolute Gasteiger partial charge is 0.222 e.